The van der Waals surface area contributed by atoms with Gasteiger partial charge in [0.25, 0.3) is 0 Å². The maximum atomic E-state index is 5.24. The molecule has 0 radical (unpaired) electrons. The van der Waals surface area contributed by atoms with Crippen LogP contribution in [0.4, 0.5) is 0 Å². The van der Waals surface area contributed by atoms with Crippen molar-refractivity contribution in [3.05, 3.63) is 181 Å². The second-order valence-electron chi connectivity index (χ2n) is 14.6. The van der Waals surface area contributed by atoms with E-state index in [0.717, 1.165) is 50.5 Å². The lowest BCUT2D eigenvalue weighted by atomic mass is 10.0. The maximum absolute atomic E-state index is 5.24. The Kier molecular flexibility index (Phi) is 6.68. The molecular weight excluding hydrogens is 701 g/mol. The summed E-state index contributed by atoms with van der Waals surface area (Å²) in [7, 11) is 0. The lowest BCUT2D eigenvalue weighted by Crippen LogP contribution is -1.99. The third kappa shape index (κ3) is 4.40. The highest BCUT2D eigenvalue weighted by molar-refractivity contribution is 7.27. The first kappa shape index (κ1) is 31.3. The van der Waals surface area contributed by atoms with Crippen LogP contribution in [0.2, 0.25) is 0 Å². The Morgan fingerprint density at radius 3 is 1.82 bits per heavy atom. The predicted molar refractivity (Wildman–Crippen MR) is 237 cm³/mol. The Bertz CT molecular complexity index is 3540. The first-order chi connectivity index (χ1) is 27.7. The van der Waals surface area contributed by atoms with Crippen LogP contribution in [0.5, 0.6) is 0 Å². The number of hydrogen-bond donors (Lipinski definition) is 0. The van der Waals surface area contributed by atoms with Crippen LogP contribution in [0.25, 0.3) is 109 Å². The van der Waals surface area contributed by atoms with Gasteiger partial charge in [-0.15, -0.1) is 11.3 Å². The van der Waals surface area contributed by atoms with Crippen LogP contribution in [-0.4, -0.2) is 19.1 Å². The summed E-state index contributed by atoms with van der Waals surface area (Å²) in [5, 5.41) is 8.71. The molecule has 4 nitrogen and oxygen atoms in total. The molecule has 12 aromatic rings. The predicted octanol–water partition coefficient (Wildman–Crippen LogP) is 13.8. The minimum Gasteiger partial charge on any atom is -0.309 e. The van der Waals surface area contributed by atoms with E-state index in [1.807, 2.05) is 17.4 Å². The molecule has 4 heterocycles. The van der Waals surface area contributed by atoms with E-state index < -0.39 is 0 Å². The molecular formula is C51H32N4S. The van der Waals surface area contributed by atoms with Gasteiger partial charge in [0.05, 0.1) is 38.0 Å². The Labute approximate surface area is 326 Å². The first-order valence-corrected chi connectivity index (χ1v) is 19.8. The van der Waals surface area contributed by atoms with E-state index in [-0.39, 0.29) is 0 Å². The molecule has 0 atom stereocenters. The summed E-state index contributed by atoms with van der Waals surface area (Å²) in [6, 6.07) is 63.1. The molecule has 0 bridgehead atoms. The molecule has 0 saturated heterocycles. The van der Waals surface area contributed by atoms with Crippen molar-refractivity contribution in [2.75, 3.05) is 0 Å². The lowest BCUT2D eigenvalue weighted by molar-refractivity contribution is 1.16. The molecule has 0 amide bonds. The molecule has 5 heteroatoms. The number of para-hydroxylation sites is 4. The average Bonchev–Trinajstić information content (AvgIpc) is 3.92. The number of aryl methyl sites for hydroxylation is 1. The maximum Gasteiger partial charge on any atom is 0.160 e. The second-order valence-corrected chi connectivity index (χ2v) is 15.6. The van der Waals surface area contributed by atoms with E-state index in [9.17, 15) is 0 Å². The van der Waals surface area contributed by atoms with Gasteiger partial charge in [0.2, 0.25) is 0 Å². The van der Waals surface area contributed by atoms with Crippen molar-refractivity contribution in [2.45, 2.75) is 6.92 Å². The van der Waals surface area contributed by atoms with Crippen LogP contribution in [0.15, 0.2) is 176 Å². The van der Waals surface area contributed by atoms with Gasteiger partial charge in [0.15, 0.2) is 5.82 Å². The zero-order valence-electron chi connectivity index (χ0n) is 30.4. The van der Waals surface area contributed by atoms with E-state index >= 15 is 0 Å². The van der Waals surface area contributed by atoms with Crippen molar-refractivity contribution >= 4 is 86.0 Å². The third-order valence-corrected chi connectivity index (χ3v) is 12.6. The fourth-order valence-electron chi connectivity index (χ4n) is 9.05. The van der Waals surface area contributed by atoms with Crippen LogP contribution in [0.3, 0.4) is 0 Å². The summed E-state index contributed by atoms with van der Waals surface area (Å²) in [4.78, 5) is 10.4. The summed E-state index contributed by atoms with van der Waals surface area (Å²) in [6.07, 6.45) is 0. The number of aromatic nitrogens is 4. The summed E-state index contributed by atoms with van der Waals surface area (Å²) in [5.41, 5.74) is 12.2. The molecule has 8 aromatic carbocycles. The summed E-state index contributed by atoms with van der Waals surface area (Å²) >= 11 is 1.90. The fraction of sp³-hybridized carbons (Fsp3) is 0.0196. The standard InChI is InChI=1S/C51H32N4S/c1-31-30-34(28-29-35(31)51-52-40-24-12-8-20-36(40)47(53-51)32-16-4-2-5-17-32)55-41-25-13-9-21-37(41)44-45-39-23-11-15-27-43(39)56-50(45)49-46(48(44)55)38-22-10-14-26-42(38)54(49)33-18-6-3-7-19-33/h2-30H,1H3. The summed E-state index contributed by atoms with van der Waals surface area (Å²) < 4.78 is 7.60. The van der Waals surface area contributed by atoms with E-state index in [4.69, 9.17) is 9.97 Å². The van der Waals surface area contributed by atoms with Crippen molar-refractivity contribution in [3.8, 4) is 34.0 Å². The van der Waals surface area contributed by atoms with E-state index in [1.165, 1.54) is 63.8 Å². The van der Waals surface area contributed by atoms with Gasteiger partial charge in [-0.3, -0.25) is 0 Å². The van der Waals surface area contributed by atoms with Gasteiger partial charge in [-0.2, -0.15) is 0 Å². The van der Waals surface area contributed by atoms with Gasteiger partial charge in [-0.25, -0.2) is 9.97 Å². The first-order valence-electron chi connectivity index (χ1n) is 19.0. The molecule has 0 N–H and O–H groups in total. The SMILES string of the molecule is Cc1cc(-n2c3ccccc3c3c4c5ccccc5sc4c4c(c5ccccc5n4-c4ccccc4)c32)ccc1-c1nc(-c2ccccc2)c2ccccc2n1. The smallest absolute Gasteiger partial charge is 0.160 e. The minimum absolute atomic E-state index is 0.730. The summed E-state index contributed by atoms with van der Waals surface area (Å²) in [5.74, 6) is 0.730. The van der Waals surface area contributed by atoms with Crippen molar-refractivity contribution in [2.24, 2.45) is 0 Å². The highest BCUT2D eigenvalue weighted by Crippen LogP contribution is 2.51. The van der Waals surface area contributed by atoms with E-state index in [1.54, 1.807) is 0 Å². The topological polar surface area (TPSA) is 35.6 Å². The van der Waals surface area contributed by atoms with E-state index in [2.05, 4.69) is 186 Å². The Morgan fingerprint density at radius 1 is 0.464 bits per heavy atom. The van der Waals surface area contributed by atoms with Crippen LogP contribution in [0.1, 0.15) is 5.56 Å². The van der Waals surface area contributed by atoms with Gasteiger partial charge in [-0.05, 0) is 67.1 Å². The molecule has 262 valence electrons. The number of benzene rings is 8. The van der Waals surface area contributed by atoms with Gasteiger partial charge in [-0.1, -0.05) is 121 Å². The zero-order valence-corrected chi connectivity index (χ0v) is 31.3. The molecule has 0 spiro atoms. The third-order valence-electron chi connectivity index (χ3n) is 11.4. The second kappa shape index (κ2) is 12.0. The normalized spacial score (nSPS) is 12.0. The van der Waals surface area contributed by atoms with Crippen LogP contribution >= 0.6 is 11.3 Å². The molecule has 0 unspecified atom stereocenters. The van der Waals surface area contributed by atoms with Gasteiger partial charge in [0, 0.05) is 64.9 Å². The van der Waals surface area contributed by atoms with E-state index in [0.29, 0.717) is 0 Å². The van der Waals surface area contributed by atoms with Gasteiger partial charge in [0.1, 0.15) is 0 Å². The van der Waals surface area contributed by atoms with Crippen molar-refractivity contribution in [1.29, 1.82) is 0 Å². The molecule has 0 aliphatic heterocycles. The van der Waals surface area contributed by atoms with Crippen molar-refractivity contribution in [3.63, 3.8) is 0 Å². The monoisotopic (exact) mass is 732 g/mol. The number of fused-ring (bicyclic) bond motifs is 13. The highest BCUT2D eigenvalue weighted by atomic mass is 32.1. The molecule has 0 fully saturated rings. The molecule has 0 aliphatic carbocycles. The van der Waals surface area contributed by atoms with Crippen molar-refractivity contribution < 1.29 is 0 Å². The Morgan fingerprint density at radius 2 is 1.07 bits per heavy atom. The lowest BCUT2D eigenvalue weighted by Gasteiger charge is -2.14. The number of hydrogen-bond acceptors (Lipinski definition) is 3. The number of nitrogens with zero attached hydrogens (tertiary/aromatic N) is 4. The molecule has 0 saturated carbocycles. The van der Waals surface area contributed by atoms with Crippen LogP contribution in [0, 0.1) is 6.92 Å². The number of rotatable bonds is 4. The molecule has 0 aliphatic rings. The summed E-state index contributed by atoms with van der Waals surface area (Å²) in [6.45, 7) is 2.19. The highest BCUT2D eigenvalue weighted by Gasteiger charge is 2.27. The Balaban J connectivity index is 1.20. The van der Waals surface area contributed by atoms with Crippen LogP contribution < -0.4 is 0 Å². The molecule has 56 heavy (non-hydrogen) atoms. The fourth-order valence-corrected chi connectivity index (χ4v) is 10.3. The number of thiophene rings is 1. The Hall–Kier alpha value is -7.08. The van der Waals surface area contributed by atoms with Crippen LogP contribution in [-0.2, 0) is 0 Å². The van der Waals surface area contributed by atoms with Crippen molar-refractivity contribution in [1.82, 2.24) is 19.1 Å². The van der Waals surface area contributed by atoms with Gasteiger partial charge >= 0.3 is 0 Å². The van der Waals surface area contributed by atoms with Gasteiger partial charge < -0.3 is 9.13 Å². The minimum atomic E-state index is 0.730. The molecule has 12 rings (SSSR count). The zero-order chi connectivity index (χ0) is 36.9. The molecule has 4 aromatic heterocycles. The largest absolute Gasteiger partial charge is 0.309 e. The average molecular weight is 733 g/mol. The quantitative estimate of drug-likeness (QED) is 0.181.